The summed E-state index contributed by atoms with van der Waals surface area (Å²) in [6.45, 7) is 18.2. The van der Waals surface area contributed by atoms with E-state index in [4.69, 9.17) is 52.1 Å². The fraction of sp³-hybridized carbons (Fsp3) is 0.963. The number of alkyl carbamates (subject to hydrolysis) is 1. The standard InChI is InChI=1S/C27H55NO12/c1-5-30-8-9-32-12-13-34-16-17-36-20-21-38-24-25-39-23-22-37-19-18-35-15-14-33-11-10-31-7-6-28-26(29)40-27(2,3)4/h5-25H2,1-4H3,(H,28,29). The van der Waals surface area contributed by atoms with Crippen molar-refractivity contribution in [1.82, 2.24) is 5.32 Å². The van der Waals surface area contributed by atoms with Gasteiger partial charge in [-0.3, -0.25) is 0 Å². The van der Waals surface area contributed by atoms with Crippen molar-refractivity contribution in [2.75, 3.05) is 139 Å². The van der Waals surface area contributed by atoms with Gasteiger partial charge < -0.3 is 57.4 Å². The van der Waals surface area contributed by atoms with Crippen LogP contribution >= 0.6 is 0 Å². The first kappa shape index (κ1) is 38.9. The Morgan fingerprint density at radius 1 is 0.450 bits per heavy atom. The van der Waals surface area contributed by atoms with Crippen LogP contribution in [0, 0.1) is 0 Å². The fourth-order valence-electron chi connectivity index (χ4n) is 2.66. The van der Waals surface area contributed by atoms with Crippen molar-refractivity contribution in [2.45, 2.75) is 33.3 Å². The first-order chi connectivity index (χ1) is 19.5. The molecule has 0 aliphatic carbocycles. The third-order valence-electron chi connectivity index (χ3n) is 4.47. The Morgan fingerprint density at radius 3 is 0.950 bits per heavy atom. The third kappa shape index (κ3) is 34.9. The van der Waals surface area contributed by atoms with Crippen LogP contribution in [-0.4, -0.2) is 150 Å². The number of ether oxygens (including phenoxy) is 11. The number of rotatable bonds is 31. The van der Waals surface area contributed by atoms with Crippen LogP contribution in [0.25, 0.3) is 0 Å². The molecule has 0 aromatic rings. The van der Waals surface area contributed by atoms with Gasteiger partial charge in [-0.2, -0.15) is 0 Å². The largest absolute Gasteiger partial charge is 0.444 e. The minimum Gasteiger partial charge on any atom is -0.444 e. The van der Waals surface area contributed by atoms with Crippen molar-refractivity contribution in [1.29, 1.82) is 0 Å². The number of amides is 1. The molecule has 0 bridgehead atoms. The van der Waals surface area contributed by atoms with E-state index in [9.17, 15) is 4.79 Å². The van der Waals surface area contributed by atoms with Gasteiger partial charge in [-0.15, -0.1) is 0 Å². The maximum Gasteiger partial charge on any atom is 0.407 e. The van der Waals surface area contributed by atoms with E-state index in [-0.39, 0.29) is 0 Å². The van der Waals surface area contributed by atoms with E-state index >= 15 is 0 Å². The van der Waals surface area contributed by atoms with E-state index in [1.807, 2.05) is 27.7 Å². The van der Waals surface area contributed by atoms with Gasteiger partial charge in [0.05, 0.1) is 126 Å². The minimum atomic E-state index is -0.507. The summed E-state index contributed by atoms with van der Waals surface area (Å²) in [6.07, 6.45) is -0.450. The van der Waals surface area contributed by atoms with Gasteiger partial charge in [0.1, 0.15) is 5.60 Å². The van der Waals surface area contributed by atoms with Crippen LogP contribution < -0.4 is 5.32 Å². The van der Waals surface area contributed by atoms with Crippen LogP contribution in [0.2, 0.25) is 0 Å². The summed E-state index contributed by atoms with van der Waals surface area (Å²) in [5.74, 6) is 0. The Bertz CT molecular complexity index is 522. The maximum atomic E-state index is 11.5. The summed E-state index contributed by atoms with van der Waals surface area (Å²) in [4.78, 5) is 11.5. The van der Waals surface area contributed by atoms with E-state index in [1.54, 1.807) is 0 Å². The Morgan fingerprint density at radius 2 is 0.700 bits per heavy atom. The molecule has 0 aliphatic rings. The molecule has 0 heterocycles. The van der Waals surface area contributed by atoms with Gasteiger partial charge in [-0.25, -0.2) is 4.79 Å². The van der Waals surface area contributed by atoms with Crippen molar-refractivity contribution in [3.63, 3.8) is 0 Å². The summed E-state index contributed by atoms with van der Waals surface area (Å²) in [5, 5.41) is 2.63. The molecule has 0 aliphatic heterocycles. The molecule has 0 spiro atoms. The molecule has 0 aromatic carbocycles. The van der Waals surface area contributed by atoms with E-state index in [1.165, 1.54) is 0 Å². The van der Waals surface area contributed by atoms with Crippen molar-refractivity contribution in [2.24, 2.45) is 0 Å². The van der Waals surface area contributed by atoms with Crippen molar-refractivity contribution in [3.05, 3.63) is 0 Å². The molecule has 1 amide bonds. The highest BCUT2D eigenvalue weighted by Gasteiger charge is 2.15. The summed E-state index contributed by atoms with van der Waals surface area (Å²) in [7, 11) is 0. The second kappa shape index (κ2) is 30.8. The molecule has 240 valence electrons. The van der Waals surface area contributed by atoms with E-state index in [0.29, 0.717) is 139 Å². The molecule has 1 N–H and O–H groups in total. The van der Waals surface area contributed by atoms with E-state index in [2.05, 4.69) is 5.32 Å². The molecular weight excluding hydrogens is 530 g/mol. The summed E-state index contributed by atoms with van der Waals surface area (Å²) in [6, 6.07) is 0. The molecule has 0 aromatic heterocycles. The van der Waals surface area contributed by atoms with Gasteiger partial charge in [0.25, 0.3) is 0 Å². The molecule has 40 heavy (non-hydrogen) atoms. The summed E-state index contributed by atoms with van der Waals surface area (Å²) < 4.78 is 59.1. The second-order valence-electron chi connectivity index (χ2n) is 9.14. The van der Waals surface area contributed by atoms with E-state index in [0.717, 1.165) is 0 Å². The zero-order valence-corrected chi connectivity index (χ0v) is 25.2. The fourth-order valence-corrected chi connectivity index (χ4v) is 2.66. The number of nitrogens with one attached hydrogen (secondary N) is 1. The Hall–Kier alpha value is -1.13. The lowest BCUT2D eigenvalue weighted by atomic mass is 10.2. The van der Waals surface area contributed by atoms with Crippen molar-refractivity contribution in [3.8, 4) is 0 Å². The van der Waals surface area contributed by atoms with Crippen LogP contribution in [0.4, 0.5) is 4.79 Å². The Labute approximate surface area is 240 Å². The van der Waals surface area contributed by atoms with Crippen LogP contribution in [0.1, 0.15) is 27.7 Å². The molecule has 0 saturated heterocycles. The molecular formula is C27H55NO12. The average molecular weight is 586 g/mol. The highest BCUT2D eigenvalue weighted by Crippen LogP contribution is 2.06. The van der Waals surface area contributed by atoms with Gasteiger partial charge in [0.15, 0.2) is 0 Å². The Kier molecular flexibility index (Phi) is 29.9. The maximum absolute atomic E-state index is 11.5. The van der Waals surface area contributed by atoms with Gasteiger partial charge in [0.2, 0.25) is 0 Å². The summed E-state index contributed by atoms with van der Waals surface area (Å²) >= 11 is 0. The SMILES string of the molecule is CCOCCOCCOCCOCCOCCOCCOCCOCCOCCOCCNC(=O)OC(C)(C)C. The third-order valence-corrected chi connectivity index (χ3v) is 4.47. The number of hydrogen-bond acceptors (Lipinski definition) is 12. The molecule has 0 saturated carbocycles. The van der Waals surface area contributed by atoms with Crippen LogP contribution in [-0.2, 0) is 52.1 Å². The number of carbonyl (C=O) groups is 1. The molecule has 0 atom stereocenters. The lowest BCUT2D eigenvalue weighted by Crippen LogP contribution is -2.34. The Balaban J connectivity index is 3.09. The highest BCUT2D eigenvalue weighted by atomic mass is 16.6. The zero-order valence-electron chi connectivity index (χ0n) is 25.2. The zero-order chi connectivity index (χ0) is 29.4. The predicted molar refractivity (Wildman–Crippen MR) is 148 cm³/mol. The topological polar surface area (TPSA) is 131 Å². The summed E-state index contributed by atoms with van der Waals surface area (Å²) in [5.41, 5.74) is -0.507. The predicted octanol–water partition coefficient (Wildman–Crippen LogP) is 1.70. The molecule has 0 radical (unpaired) electrons. The van der Waals surface area contributed by atoms with Crippen LogP contribution in [0.15, 0.2) is 0 Å². The molecule has 0 fully saturated rings. The van der Waals surface area contributed by atoms with Gasteiger partial charge >= 0.3 is 6.09 Å². The lowest BCUT2D eigenvalue weighted by Gasteiger charge is -2.19. The molecule has 13 nitrogen and oxygen atoms in total. The van der Waals surface area contributed by atoms with E-state index < -0.39 is 11.7 Å². The average Bonchev–Trinajstić information content (AvgIpc) is 2.90. The van der Waals surface area contributed by atoms with Crippen molar-refractivity contribution < 1.29 is 56.9 Å². The van der Waals surface area contributed by atoms with Gasteiger partial charge in [0, 0.05) is 13.2 Å². The monoisotopic (exact) mass is 585 g/mol. The number of carbonyl (C=O) groups excluding carboxylic acids is 1. The van der Waals surface area contributed by atoms with Crippen LogP contribution in [0.3, 0.4) is 0 Å². The highest BCUT2D eigenvalue weighted by molar-refractivity contribution is 5.67. The second-order valence-corrected chi connectivity index (χ2v) is 9.14. The molecule has 13 heteroatoms. The van der Waals surface area contributed by atoms with Crippen LogP contribution in [0.5, 0.6) is 0 Å². The molecule has 0 unspecified atom stereocenters. The first-order valence-corrected chi connectivity index (χ1v) is 14.2. The first-order valence-electron chi connectivity index (χ1n) is 14.2. The lowest BCUT2D eigenvalue weighted by molar-refractivity contribution is -0.0262. The smallest absolute Gasteiger partial charge is 0.407 e. The van der Waals surface area contributed by atoms with Gasteiger partial charge in [-0.1, -0.05) is 0 Å². The van der Waals surface area contributed by atoms with Crippen molar-refractivity contribution >= 4 is 6.09 Å². The quantitative estimate of drug-likeness (QED) is 0.119. The number of hydrogen-bond donors (Lipinski definition) is 1. The normalized spacial score (nSPS) is 11.7. The minimum absolute atomic E-state index is 0.386. The van der Waals surface area contributed by atoms with Gasteiger partial charge in [-0.05, 0) is 27.7 Å². The molecule has 0 rings (SSSR count).